The van der Waals surface area contributed by atoms with Gasteiger partial charge in [0.15, 0.2) is 0 Å². The van der Waals surface area contributed by atoms with E-state index in [9.17, 15) is 9.59 Å². The summed E-state index contributed by atoms with van der Waals surface area (Å²) in [5.41, 5.74) is 1.02. The number of rotatable bonds is 6. The van der Waals surface area contributed by atoms with Gasteiger partial charge in [-0.1, -0.05) is 12.1 Å². The molecule has 0 aromatic heterocycles. The number of carbonyl (C=O) groups excluding carboxylic acids is 2. The smallest absolute Gasteiger partial charge is 0.407 e. The average Bonchev–Trinajstić information content (AvgIpc) is 2.43. The van der Waals surface area contributed by atoms with Crippen LogP contribution < -0.4 is 10.1 Å². The number of alkyl carbamates (subject to hydrolysis) is 1. The zero-order valence-corrected chi connectivity index (χ0v) is 11.6. The summed E-state index contributed by atoms with van der Waals surface area (Å²) in [5, 5.41) is 1.78. The third-order valence-corrected chi connectivity index (χ3v) is 2.90. The van der Waals surface area contributed by atoms with Gasteiger partial charge in [0.25, 0.3) is 0 Å². The molecule has 0 unspecified atom stereocenters. The predicted molar refractivity (Wildman–Crippen MR) is 71.5 cm³/mol. The molecule has 1 amide bonds. The first kappa shape index (κ1) is 15.3. The molecule has 0 saturated heterocycles. The van der Waals surface area contributed by atoms with Gasteiger partial charge in [-0.05, 0) is 42.1 Å². The molecule has 0 fully saturated rings. The van der Waals surface area contributed by atoms with E-state index in [4.69, 9.17) is 16.3 Å². The number of nitrogens with one attached hydrogen (secondary N) is 1. The Morgan fingerprint density at radius 2 is 1.89 bits per heavy atom. The second-order valence-corrected chi connectivity index (χ2v) is 4.25. The standard InChI is InChI=1S/C13H16ClNO4/c1-18-10-6-3-9(4-7-10)5-8-11(12(14)16)15-13(17)19-2/h3-4,6-7,11H,5,8H2,1-2H3,(H,15,17)/t11-/m0/s1. The maximum absolute atomic E-state index is 11.2. The molecule has 0 aliphatic heterocycles. The van der Waals surface area contributed by atoms with Crippen molar-refractivity contribution in [1.29, 1.82) is 0 Å². The van der Waals surface area contributed by atoms with Crippen molar-refractivity contribution < 1.29 is 19.1 Å². The monoisotopic (exact) mass is 285 g/mol. The van der Waals surface area contributed by atoms with E-state index in [1.807, 2.05) is 24.3 Å². The fourth-order valence-corrected chi connectivity index (χ4v) is 1.71. The van der Waals surface area contributed by atoms with Crippen LogP contribution in [-0.4, -0.2) is 31.6 Å². The van der Waals surface area contributed by atoms with Crippen LogP contribution in [0.15, 0.2) is 24.3 Å². The van der Waals surface area contributed by atoms with Crippen molar-refractivity contribution in [2.75, 3.05) is 14.2 Å². The number of carbonyl (C=O) groups is 2. The molecule has 0 radical (unpaired) electrons. The van der Waals surface area contributed by atoms with E-state index in [0.717, 1.165) is 11.3 Å². The van der Waals surface area contributed by atoms with Crippen LogP contribution in [-0.2, 0) is 16.0 Å². The van der Waals surface area contributed by atoms with Crippen molar-refractivity contribution in [2.24, 2.45) is 0 Å². The number of halogens is 1. The van der Waals surface area contributed by atoms with Crippen LogP contribution in [0.1, 0.15) is 12.0 Å². The van der Waals surface area contributed by atoms with Gasteiger partial charge < -0.3 is 14.8 Å². The lowest BCUT2D eigenvalue weighted by Gasteiger charge is -2.13. The minimum atomic E-state index is -0.754. The summed E-state index contributed by atoms with van der Waals surface area (Å²) < 4.78 is 9.49. The van der Waals surface area contributed by atoms with Gasteiger partial charge in [0.1, 0.15) is 11.8 Å². The molecule has 1 rings (SSSR count). The molecule has 0 aliphatic rings. The Morgan fingerprint density at radius 1 is 1.26 bits per heavy atom. The molecule has 1 N–H and O–H groups in total. The minimum absolute atomic E-state index is 0.407. The van der Waals surface area contributed by atoms with Crippen LogP contribution in [0.2, 0.25) is 0 Å². The number of benzene rings is 1. The first-order valence-electron chi connectivity index (χ1n) is 5.73. The Morgan fingerprint density at radius 3 is 2.37 bits per heavy atom. The summed E-state index contributed by atoms with van der Waals surface area (Å²) in [7, 11) is 2.83. The number of hydrogen-bond donors (Lipinski definition) is 1. The molecule has 0 aliphatic carbocycles. The number of hydrogen-bond acceptors (Lipinski definition) is 4. The molecule has 0 bridgehead atoms. The molecule has 1 atom stereocenters. The molecule has 19 heavy (non-hydrogen) atoms. The number of aryl methyl sites for hydroxylation is 1. The summed E-state index contributed by atoms with van der Waals surface area (Å²) in [5.74, 6) is 0.765. The highest BCUT2D eigenvalue weighted by atomic mass is 35.5. The predicted octanol–water partition coefficient (Wildman–Crippen LogP) is 2.12. The van der Waals surface area contributed by atoms with E-state index in [2.05, 4.69) is 10.1 Å². The molecular formula is C13H16ClNO4. The van der Waals surface area contributed by atoms with E-state index < -0.39 is 17.4 Å². The van der Waals surface area contributed by atoms with Crippen molar-refractivity contribution in [3.05, 3.63) is 29.8 Å². The molecular weight excluding hydrogens is 270 g/mol. The topological polar surface area (TPSA) is 64.6 Å². The minimum Gasteiger partial charge on any atom is -0.497 e. The van der Waals surface area contributed by atoms with Crippen molar-refractivity contribution in [3.8, 4) is 5.75 Å². The fourth-order valence-electron chi connectivity index (χ4n) is 1.55. The summed E-state index contributed by atoms with van der Waals surface area (Å²) >= 11 is 5.43. The Hall–Kier alpha value is -1.75. The SMILES string of the molecule is COC(=O)N[C@@H](CCc1ccc(OC)cc1)C(=O)Cl. The van der Waals surface area contributed by atoms with Crippen LogP contribution in [0, 0.1) is 0 Å². The second kappa shape index (κ2) is 7.63. The van der Waals surface area contributed by atoms with Crippen molar-refractivity contribution in [3.63, 3.8) is 0 Å². The van der Waals surface area contributed by atoms with Gasteiger partial charge in [0.2, 0.25) is 5.24 Å². The Kier molecular flexibility index (Phi) is 6.15. The molecule has 0 saturated carbocycles. The van der Waals surface area contributed by atoms with E-state index in [1.54, 1.807) is 7.11 Å². The zero-order chi connectivity index (χ0) is 14.3. The Labute approximate surface area is 116 Å². The maximum Gasteiger partial charge on any atom is 0.407 e. The summed E-state index contributed by atoms with van der Waals surface area (Å²) in [6.45, 7) is 0. The highest BCUT2D eigenvalue weighted by Gasteiger charge is 2.18. The van der Waals surface area contributed by atoms with E-state index in [-0.39, 0.29) is 0 Å². The summed E-state index contributed by atoms with van der Waals surface area (Å²) in [6, 6.07) is 6.71. The lowest BCUT2D eigenvalue weighted by atomic mass is 10.1. The Bertz CT molecular complexity index is 433. The van der Waals surface area contributed by atoms with Crippen LogP contribution in [0.3, 0.4) is 0 Å². The quantitative estimate of drug-likeness (QED) is 0.813. The van der Waals surface area contributed by atoms with Crippen LogP contribution in [0.4, 0.5) is 4.79 Å². The second-order valence-electron chi connectivity index (χ2n) is 3.88. The normalized spacial score (nSPS) is 11.5. The molecule has 0 heterocycles. The molecule has 1 aromatic rings. The highest BCUT2D eigenvalue weighted by Crippen LogP contribution is 2.13. The first-order chi connectivity index (χ1) is 9.06. The average molecular weight is 286 g/mol. The molecule has 6 heteroatoms. The van der Waals surface area contributed by atoms with Gasteiger partial charge in [-0.2, -0.15) is 0 Å². The molecule has 5 nitrogen and oxygen atoms in total. The van der Waals surface area contributed by atoms with Crippen LogP contribution >= 0.6 is 11.6 Å². The highest BCUT2D eigenvalue weighted by molar-refractivity contribution is 6.64. The third-order valence-electron chi connectivity index (χ3n) is 2.63. The number of ether oxygens (including phenoxy) is 2. The van der Waals surface area contributed by atoms with Crippen LogP contribution in [0.5, 0.6) is 5.75 Å². The van der Waals surface area contributed by atoms with E-state index in [0.29, 0.717) is 12.8 Å². The molecule has 1 aromatic carbocycles. The van der Waals surface area contributed by atoms with E-state index in [1.165, 1.54) is 7.11 Å². The van der Waals surface area contributed by atoms with Gasteiger partial charge >= 0.3 is 6.09 Å². The molecule has 104 valence electrons. The number of methoxy groups -OCH3 is 2. The largest absolute Gasteiger partial charge is 0.497 e. The zero-order valence-electron chi connectivity index (χ0n) is 10.8. The van der Waals surface area contributed by atoms with Gasteiger partial charge in [-0.15, -0.1) is 0 Å². The first-order valence-corrected chi connectivity index (χ1v) is 6.11. The van der Waals surface area contributed by atoms with Crippen molar-refractivity contribution in [2.45, 2.75) is 18.9 Å². The molecule has 0 spiro atoms. The van der Waals surface area contributed by atoms with Gasteiger partial charge in [-0.25, -0.2) is 4.79 Å². The van der Waals surface area contributed by atoms with Gasteiger partial charge in [-0.3, -0.25) is 4.79 Å². The van der Waals surface area contributed by atoms with E-state index >= 15 is 0 Å². The summed E-state index contributed by atoms with van der Waals surface area (Å²) in [6.07, 6.45) is 0.342. The van der Waals surface area contributed by atoms with Crippen LogP contribution in [0.25, 0.3) is 0 Å². The van der Waals surface area contributed by atoms with Crippen molar-refractivity contribution in [1.82, 2.24) is 5.32 Å². The fraction of sp³-hybridized carbons (Fsp3) is 0.385. The lowest BCUT2D eigenvalue weighted by molar-refractivity contribution is -0.113. The third kappa shape index (κ3) is 5.18. The van der Waals surface area contributed by atoms with Crippen molar-refractivity contribution >= 4 is 22.9 Å². The lowest BCUT2D eigenvalue weighted by Crippen LogP contribution is -2.39. The Balaban J connectivity index is 2.55. The van der Waals surface area contributed by atoms with Gasteiger partial charge in [0.05, 0.1) is 14.2 Å². The van der Waals surface area contributed by atoms with Gasteiger partial charge in [0, 0.05) is 0 Å². The summed E-state index contributed by atoms with van der Waals surface area (Å²) in [4.78, 5) is 22.3. The maximum atomic E-state index is 11.2. The number of amides is 1.